The molecule has 3 nitrogen and oxygen atoms in total. The molecule has 0 aromatic heterocycles. The van der Waals surface area contributed by atoms with Crippen LogP contribution in [0.4, 0.5) is 0 Å². The zero-order valence-electron chi connectivity index (χ0n) is 13.2. The van der Waals surface area contributed by atoms with E-state index in [9.17, 15) is 9.90 Å². The van der Waals surface area contributed by atoms with Crippen LogP contribution in [0.5, 0.6) is 0 Å². The molecule has 0 aliphatic rings. The van der Waals surface area contributed by atoms with E-state index in [0.717, 1.165) is 11.1 Å². The van der Waals surface area contributed by atoms with Crippen LogP contribution < -0.4 is 5.32 Å². The molecule has 0 saturated carbocycles. The standard InChI is InChI=1S/C19H22ClNO2/c1-14(22)10-17(16-7-3-2-4-8-16)13-21-19(23)12-15-6-5-9-18(20)11-15/h2-9,11,14,17,22H,10,12-13H2,1H3,(H,21,23). The first kappa shape index (κ1) is 17.5. The van der Waals surface area contributed by atoms with Crippen LogP contribution in [0.15, 0.2) is 54.6 Å². The first-order valence-electron chi connectivity index (χ1n) is 7.78. The summed E-state index contributed by atoms with van der Waals surface area (Å²) in [6.07, 6.45) is 0.503. The third-order valence-corrected chi connectivity index (χ3v) is 3.93. The number of halogens is 1. The fourth-order valence-corrected chi connectivity index (χ4v) is 2.82. The van der Waals surface area contributed by atoms with Gasteiger partial charge in [0, 0.05) is 17.5 Å². The number of amides is 1. The van der Waals surface area contributed by atoms with Gasteiger partial charge >= 0.3 is 0 Å². The van der Waals surface area contributed by atoms with Crippen molar-refractivity contribution in [3.8, 4) is 0 Å². The minimum absolute atomic E-state index is 0.0428. The maximum atomic E-state index is 12.1. The lowest BCUT2D eigenvalue weighted by Crippen LogP contribution is -2.30. The van der Waals surface area contributed by atoms with E-state index in [1.807, 2.05) is 42.5 Å². The number of carbonyl (C=O) groups excluding carboxylic acids is 1. The van der Waals surface area contributed by atoms with Gasteiger partial charge in [0.15, 0.2) is 0 Å². The van der Waals surface area contributed by atoms with Crippen molar-refractivity contribution in [3.63, 3.8) is 0 Å². The molecule has 4 heteroatoms. The molecular formula is C19H22ClNO2. The number of hydrogen-bond donors (Lipinski definition) is 2. The Balaban J connectivity index is 1.94. The van der Waals surface area contributed by atoms with Crippen LogP contribution in [0.1, 0.15) is 30.4 Å². The molecule has 2 unspecified atom stereocenters. The van der Waals surface area contributed by atoms with Gasteiger partial charge in [-0.1, -0.05) is 54.1 Å². The van der Waals surface area contributed by atoms with Gasteiger partial charge in [-0.2, -0.15) is 0 Å². The summed E-state index contributed by atoms with van der Waals surface area (Å²) in [6, 6.07) is 17.3. The Morgan fingerprint density at radius 1 is 1.17 bits per heavy atom. The van der Waals surface area contributed by atoms with E-state index < -0.39 is 6.10 Å². The number of rotatable bonds is 7. The predicted molar refractivity (Wildman–Crippen MR) is 93.6 cm³/mol. The second-order valence-corrected chi connectivity index (χ2v) is 6.24. The molecule has 1 amide bonds. The van der Waals surface area contributed by atoms with Gasteiger partial charge in [0.2, 0.25) is 5.91 Å². The number of benzene rings is 2. The molecule has 0 aliphatic heterocycles. The minimum atomic E-state index is -0.412. The normalized spacial score (nSPS) is 13.3. The summed E-state index contributed by atoms with van der Waals surface area (Å²) < 4.78 is 0. The molecule has 2 rings (SSSR count). The molecule has 2 atom stereocenters. The molecule has 0 saturated heterocycles. The quantitative estimate of drug-likeness (QED) is 0.815. The maximum Gasteiger partial charge on any atom is 0.224 e. The SMILES string of the molecule is CC(O)CC(CNC(=O)Cc1cccc(Cl)c1)c1ccccc1. The molecule has 0 heterocycles. The van der Waals surface area contributed by atoms with E-state index in [4.69, 9.17) is 11.6 Å². The maximum absolute atomic E-state index is 12.1. The van der Waals surface area contributed by atoms with Crippen molar-refractivity contribution < 1.29 is 9.90 Å². The van der Waals surface area contributed by atoms with Crippen LogP contribution in [0.25, 0.3) is 0 Å². The highest BCUT2D eigenvalue weighted by Crippen LogP contribution is 2.20. The third-order valence-electron chi connectivity index (χ3n) is 3.70. The van der Waals surface area contributed by atoms with E-state index in [0.29, 0.717) is 24.4 Å². The highest BCUT2D eigenvalue weighted by atomic mass is 35.5. The van der Waals surface area contributed by atoms with E-state index in [1.54, 1.807) is 19.1 Å². The monoisotopic (exact) mass is 331 g/mol. The molecule has 0 fully saturated rings. The fraction of sp³-hybridized carbons (Fsp3) is 0.316. The minimum Gasteiger partial charge on any atom is -0.393 e. The average molecular weight is 332 g/mol. The third kappa shape index (κ3) is 6.05. The summed E-state index contributed by atoms with van der Waals surface area (Å²) in [5.74, 6) is 0.0540. The zero-order valence-corrected chi connectivity index (χ0v) is 14.0. The lowest BCUT2D eigenvalue weighted by Gasteiger charge is -2.19. The van der Waals surface area contributed by atoms with Gasteiger partial charge in [-0.05, 0) is 36.6 Å². The molecule has 0 spiro atoms. The van der Waals surface area contributed by atoms with E-state index >= 15 is 0 Å². The molecule has 2 aromatic rings. The number of carbonyl (C=O) groups is 1. The van der Waals surface area contributed by atoms with E-state index in [1.165, 1.54) is 0 Å². The molecule has 0 aliphatic carbocycles. The lowest BCUT2D eigenvalue weighted by molar-refractivity contribution is -0.120. The number of nitrogens with one attached hydrogen (secondary N) is 1. The summed E-state index contributed by atoms with van der Waals surface area (Å²) in [5, 5.41) is 13.3. The van der Waals surface area contributed by atoms with Gasteiger partial charge in [-0.15, -0.1) is 0 Å². The summed E-state index contributed by atoms with van der Waals surface area (Å²) >= 11 is 5.93. The Morgan fingerprint density at radius 2 is 1.91 bits per heavy atom. The Bertz CT molecular complexity index is 628. The molecule has 2 aromatic carbocycles. The topological polar surface area (TPSA) is 49.3 Å². The number of aliphatic hydroxyl groups excluding tert-OH is 1. The highest BCUT2D eigenvalue weighted by Gasteiger charge is 2.15. The van der Waals surface area contributed by atoms with Gasteiger partial charge < -0.3 is 10.4 Å². The summed E-state index contributed by atoms with van der Waals surface area (Å²) in [4.78, 5) is 12.1. The Labute approximate surface area is 142 Å². The fourth-order valence-electron chi connectivity index (χ4n) is 2.61. The first-order valence-corrected chi connectivity index (χ1v) is 8.16. The summed E-state index contributed by atoms with van der Waals surface area (Å²) in [5.41, 5.74) is 2.01. The summed E-state index contributed by atoms with van der Waals surface area (Å²) in [6.45, 7) is 2.28. The number of hydrogen-bond acceptors (Lipinski definition) is 2. The molecule has 2 N–H and O–H groups in total. The van der Waals surface area contributed by atoms with Crippen molar-refractivity contribution in [2.24, 2.45) is 0 Å². The van der Waals surface area contributed by atoms with Crippen molar-refractivity contribution in [3.05, 3.63) is 70.7 Å². The first-order chi connectivity index (χ1) is 11.0. The largest absolute Gasteiger partial charge is 0.393 e. The van der Waals surface area contributed by atoms with Crippen LogP contribution in [0.3, 0.4) is 0 Å². The smallest absolute Gasteiger partial charge is 0.224 e. The molecule has 122 valence electrons. The van der Waals surface area contributed by atoms with E-state index in [2.05, 4.69) is 5.32 Å². The van der Waals surface area contributed by atoms with Gasteiger partial charge in [0.05, 0.1) is 12.5 Å². The van der Waals surface area contributed by atoms with Gasteiger partial charge in [-0.25, -0.2) is 0 Å². The van der Waals surface area contributed by atoms with E-state index in [-0.39, 0.29) is 11.8 Å². The molecule has 0 radical (unpaired) electrons. The van der Waals surface area contributed by atoms with Crippen molar-refractivity contribution in [1.82, 2.24) is 5.32 Å². The number of aliphatic hydroxyl groups is 1. The molecule has 0 bridgehead atoms. The second-order valence-electron chi connectivity index (χ2n) is 5.80. The highest BCUT2D eigenvalue weighted by molar-refractivity contribution is 6.30. The zero-order chi connectivity index (χ0) is 16.7. The second kappa shape index (κ2) is 8.70. The Hall–Kier alpha value is -1.84. The van der Waals surface area contributed by atoms with Crippen LogP contribution in [0, 0.1) is 0 Å². The lowest BCUT2D eigenvalue weighted by atomic mass is 9.93. The van der Waals surface area contributed by atoms with Crippen LogP contribution >= 0.6 is 11.6 Å². The van der Waals surface area contributed by atoms with Crippen molar-refractivity contribution in [2.45, 2.75) is 31.8 Å². The molecular weight excluding hydrogens is 310 g/mol. The predicted octanol–water partition coefficient (Wildman–Crippen LogP) is 3.55. The van der Waals surface area contributed by atoms with Crippen LogP contribution in [-0.4, -0.2) is 23.7 Å². The summed E-state index contributed by atoms with van der Waals surface area (Å²) in [7, 11) is 0. The van der Waals surface area contributed by atoms with Crippen molar-refractivity contribution >= 4 is 17.5 Å². The van der Waals surface area contributed by atoms with Crippen LogP contribution in [-0.2, 0) is 11.2 Å². The van der Waals surface area contributed by atoms with Gasteiger partial charge in [0.25, 0.3) is 0 Å². The van der Waals surface area contributed by atoms with Gasteiger partial charge in [0.1, 0.15) is 0 Å². The van der Waals surface area contributed by atoms with Crippen molar-refractivity contribution in [1.29, 1.82) is 0 Å². The van der Waals surface area contributed by atoms with Gasteiger partial charge in [-0.3, -0.25) is 4.79 Å². The average Bonchev–Trinajstić information content (AvgIpc) is 2.52. The Kier molecular flexibility index (Phi) is 6.63. The van der Waals surface area contributed by atoms with Crippen LogP contribution in [0.2, 0.25) is 5.02 Å². The van der Waals surface area contributed by atoms with Crippen molar-refractivity contribution in [2.75, 3.05) is 6.54 Å². The Morgan fingerprint density at radius 3 is 2.57 bits per heavy atom. The molecule has 23 heavy (non-hydrogen) atoms.